The van der Waals surface area contributed by atoms with Crippen LogP contribution >= 0.6 is 0 Å². The van der Waals surface area contributed by atoms with Gasteiger partial charge in [0.25, 0.3) is 0 Å². The summed E-state index contributed by atoms with van der Waals surface area (Å²) in [6, 6.07) is 15.0. The van der Waals surface area contributed by atoms with Crippen molar-refractivity contribution < 1.29 is 14.3 Å². The number of esters is 1. The van der Waals surface area contributed by atoms with E-state index in [9.17, 15) is 9.59 Å². The monoisotopic (exact) mass is 377 g/mol. The van der Waals surface area contributed by atoms with Crippen LogP contribution in [0.15, 0.2) is 59.2 Å². The summed E-state index contributed by atoms with van der Waals surface area (Å²) >= 11 is 0. The second kappa shape index (κ2) is 8.52. The minimum absolute atomic E-state index is 0.144. The number of carbonyl (C=O) groups is 2. The average Bonchev–Trinajstić information content (AvgIpc) is 3.04. The molecule has 0 saturated carbocycles. The van der Waals surface area contributed by atoms with Crippen molar-refractivity contribution in [1.82, 2.24) is 0 Å². The van der Waals surface area contributed by atoms with Crippen LogP contribution in [0.4, 0.5) is 11.4 Å². The summed E-state index contributed by atoms with van der Waals surface area (Å²) in [4.78, 5) is 29.8. The Hall–Kier alpha value is -3.41. The Morgan fingerprint density at radius 2 is 1.71 bits per heavy atom. The lowest BCUT2D eigenvalue weighted by Gasteiger charge is -2.20. The van der Waals surface area contributed by atoms with Gasteiger partial charge in [-0.1, -0.05) is 12.1 Å². The first kappa shape index (κ1) is 19.4. The predicted molar refractivity (Wildman–Crippen MR) is 111 cm³/mol. The van der Waals surface area contributed by atoms with Gasteiger partial charge in [-0.25, -0.2) is 9.79 Å². The van der Waals surface area contributed by atoms with Crippen LogP contribution < -0.4 is 10.2 Å². The summed E-state index contributed by atoms with van der Waals surface area (Å²) in [6.45, 7) is 7.57. The quantitative estimate of drug-likeness (QED) is 0.613. The van der Waals surface area contributed by atoms with E-state index in [1.54, 1.807) is 30.3 Å². The van der Waals surface area contributed by atoms with Gasteiger partial charge in [0.05, 0.1) is 0 Å². The van der Waals surface area contributed by atoms with Gasteiger partial charge in [-0.15, -0.1) is 0 Å². The fourth-order valence-corrected chi connectivity index (χ4v) is 2.96. The second-order valence-corrected chi connectivity index (χ2v) is 6.36. The highest BCUT2D eigenvalue weighted by Gasteiger charge is 2.24. The van der Waals surface area contributed by atoms with Crippen LogP contribution in [0.3, 0.4) is 0 Å². The summed E-state index contributed by atoms with van der Waals surface area (Å²) in [6.07, 6.45) is 1.72. The SMILES string of the molecule is CCN(CC)c1ccc(/C=C2\N=C(c3ccc(NC(C)=O)cc3)OC2=O)cc1. The van der Waals surface area contributed by atoms with Crippen molar-refractivity contribution in [3.8, 4) is 0 Å². The molecular weight excluding hydrogens is 354 g/mol. The molecule has 1 N–H and O–H groups in total. The molecule has 1 amide bonds. The van der Waals surface area contributed by atoms with Gasteiger partial charge in [-0.3, -0.25) is 4.79 Å². The first-order chi connectivity index (χ1) is 13.5. The number of carbonyl (C=O) groups excluding carboxylic acids is 2. The van der Waals surface area contributed by atoms with Gasteiger partial charge in [0, 0.05) is 37.0 Å². The molecule has 0 saturated heterocycles. The van der Waals surface area contributed by atoms with Crippen LogP contribution in [0, 0.1) is 0 Å². The molecule has 1 aliphatic rings. The fraction of sp³-hybridized carbons (Fsp3) is 0.227. The van der Waals surface area contributed by atoms with Crippen LogP contribution in [0.25, 0.3) is 6.08 Å². The third kappa shape index (κ3) is 4.46. The molecule has 0 atom stereocenters. The number of benzene rings is 2. The van der Waals surface area contributed by atoms with Crippen molar-refractivity contribution in [2.24, 2.45) is 4.99 Å². The highest BCUT2D eigenvalue weighted by atomic mass is 16.6. The van der Waals surface area contributed by atoms with E-state index in [2.05, 4.69) is 29.1 Å². The molecule has 0 spiro atoms. The number of cyclic esters (lactones) is 1. The number of aliphatic imine (C=N–C) groups is 1. The van der Waals surface area contributed by atoms with Crippen molar-refractivity contribution >= 4 is 35.2 Å². The number of nitrogens with one attached hydrogen (secondary N) is 1. The maximum atomic E-state index is 12.2. The van der Waals surface area contributed by atoms with Crippen molar-refractivity contribution in [2.45, 2.75) is 20.8 Å². The minimum atomic E-state index is -0.478. The number of hydrogen-bond donors (Lipinski definition) is 1. The van der Waals surface area contributed by atoms with Crippen LogP contribution in [0.5, 0.6) is 0 Å². The Morgan fingerprint density at radius 3 is 2.29 bits per heavy atom. The summed E-state index contributed by atoms with van der Waals surface area (Å²) in [5.74, 6) is -0.367. The molecule has 1 heterocycles. The van der Waals surface area contributed by atoms with E-state index in [1.807, 2.05) is 24.3 Å². The van der Waals surface area contributed by atoms with Gasteiger partial charge in [0.2, 0.25) is 11.8 Å². The summed E-state index contributed by atoms with van der Waals surface area (Å²) in [5, 5.41) is 2.69. The third-order valence-electron chi connectivity index (χ3n) is 4.40. The molecule has 6 heteroatoms. The molecule has 28 heavy (non-hydrogen) atoms. The van der Waals surface area contributed by atoms with Crippen molar-refractivity contribution in [1.29, 1.82) is 0 Å². The maximum Gasteiger partial charge on any atom is 0.363 e. The zero-order valence-corrected chi connectivity index (χ0v) is 16.2. The van der Waals surface area contributed by atoms with E-state index in [1.165, 1.54) is 6.92 Å². The van der Waals surface area contributed by atoms with Gasteiger partial charge >= 0.3 is 5.97 Å². The molecule has 6 nitrogen and oxygen atoms in total. The van der Waals surface area contributed by atoms with E-state index >= 15 is 0 Å². The Morgan fingerprint density at radius 1 is 1.07 bits per heavy atom. The number of ether oxygens (including phenoxy) is 1. The van der Waals surface area contributed by atoms with Crippen LogP contribution in [0.2, 0.25) is 0 Å². The van der Waals surface area contributed by atoms with Crippen LogP contribution in [-0.2, 0) is 14.3 Å². The lowest BCUT2D eigenvalue weighted by Crippen LogP contribution is -2.21. The number of rotatable bonds is 6. The van der Waals surface area contributed by atoms with Gasteiger partial charge < -0.3 is 15.0 Å². The molecule has 0 aromatic heterocycles. The first-order valence-corrected chi connectivity index (χ1v) is 9.25. The van der Waals surface area contributed by atoms with Gasteiger partial charge in [0.1, 0.15) is 0 Å². The van der Waals surface area contributed by atoms with E-state index in [4.69, 9.17) is 4.74 Å². The van der Waals surface area contributed by atoms with Crippen LogP contribution in [0.1, 0.15) is 31.9 Å². The Labute approximate surface area is 164 Å². The van der Waals surface area contributed by atoms with Crippen LogP contribution in [-0.4, -0.2) is 30.9 Å². The van der Waals surface area contributed by atoms with Gasteiger partial charge in [-0.05, 0) is 61.9 Å². The molecule has 0 radical (unpaired) electrons. The van der Waals surface area contributed by atoms with Crippen molar-refractivity contribution in [3.05, 3.63) is 65.4 Å². The van der Waals surface area contributed by atoms with E-state index in [0.717, 1.165) is 24.3 Å². The highest BCUT2D eigenvalue weighted by molar-refractivity contribution is 6.13. The summed E-state index contributed by atoms with van der Waals surface area (Å²) < 4.78 is 5.30. The molecule has 2 aromatic carbocycles. The lowest BCUT2D eigenvalue weighted by atomic mass is 10.1. The summed E-state index contributed by atoms with van der Waals surface area (Å²) in [7, 11) is 0. The highest BCUT2D eigenvalue weighted by Crippen LogP contribution is 2.22. The number of hydrogen-bond acceptors (Lipinski definition) is 5. The Kier molecular flexibility index (Phi) is 5.89. The maximum absolute atomic E-state index is 12.2. The number of anilines is 2. The topological polar surface area (TPSA) is 71.0 Å². The zero-order chi connectivity index (χ0) is 20.1. The van der Waals surface area contributed by atoms with Crippen molar-refractivity contribution in [3.63, 3.8) is 0 Å². The second-order valence-electron chi connectivity index (χ2n) is 6.36. The molecule has 2 aromatic rings. The van der Waals surface area contributed by atoms with E-state index < -0.39 is 5.97 Å². The van der Waals surface area contributed by atoms with E-state index in [0.29, 0.717) is 11.3 Å². The van der Waals surface area contributed by atoms with Crippen molar-refractivity contribution in [2.75, 3.05) is 23.3 Å². The average molecular weight is 377 g/mol. The summed E-state index contributed by atoms with van der Waals surface area (Å²) in [5.41, 5.74) is 3.63. The zero-order valence-electron chi connectivity index (χ0n) is 16.2. The molecule has 3 rings (SSSR count). The smallest absolute Gasteiger partial charge is 0.363 e. The molecule has 144 valence electrons. The Balaban J connectivity index is 1.78. The molecule has 0 fully saturated rings. The number of amides is 1. The molecule has 1 aliphatic heterocycles. The van der Waals surface area contributed by atoms with Gasteiger partial charge in [0.15, 0.2) is 5.70 Å². The molecule has 0 bridgehead atoms. The van der Waals surface area contributed by atoms with Gasteiger partial charge in [-0.2, -0.15) is 0 Å². The first-order valence-electron chi connectivity index (χ1n) is 9.25. The third-order valence-corrected chi connectivity index (χ3v) is 4.40. The molecule has 0 unspecified atom stereocenters. The largest absolute Gasteiger partial charge is 0.402 e. The molecular formula is C22H23N3O3. The Bertz CT molecular complexity index is 925. The minimum Gasteiger partial charge on any atom is -0.402 e. The predicted octanol–water partition coefficient (Wildman–Crippen LogP) is 3.84. The standard InChI is InChI=1S/C22H23N3O3/c1-4-25(5-2)19-12-6-16(7-13-19)14-20-22(27)28-21(24-20)17-8-10-18(11-9-17)23-15(3)26/h6-14H,4-5H2,1-3H3,(H,23,26)/b20-14-. The van der Waals surface area contributed by atoms with E-state index in [-0.39, 0.29) is 17.5 Å². The fourth-order valence-electron chi connectivity index (χ4n) is 2.96. The normalized spacial score (nSPS) is 14.6. The number of nitrogens with zero attached hydrogens (tertiary/aromatic N) is 2. The molecule has 0 aliphatic carbocycles. The lowest BCUT2D eigenvalue weighted by molar-refractivity contribution is -0.129.